The molecule has 3 aliphatic rings. The Labute approximate surface area is 163 Å². The standard InChI is InChI=1S/C20H28O8/c1-5-10(2)17(23)27-14-7-19(4)15(22)8-20(25,28-19)12(9-21)6-13-16(14)11(3)18(24)26-13/h6,10,13-16,21-22,25H,3,5,7-9H2,1-2,4H3/b12-6-/t10-,13+,14+,15-,16-,19+,20+/m0/s1. The summed E-state index contributed by atoms with van der Waals surface area (Å²) in [5, 5.41) is 31.3. The van der Waals surface area contributed by atoms with Gasteiger partial charge in [-0.2, -0.15) is 0 Å². The molecule has 0 unspecified atom stereocenters. The van der Waals surface area contributed by atoms with Crippen molar-refractivity contribution in [2.24, 2.45) is 11.8 Å². The van der Waals surface area contributed by atoms with E-state index in [1.807, 2.05) is 6.92 Å². The van der Waals surface area contributed by atoms with Gasteiger partial charge in [-0.1, -0.05) is 20.4 Å². The summed E-state index contributed by atoms with van der Waals surface area (Å²) < 4.78 is 16.9. The van der Waals surface area contributed by atoms with E-state index >= 15 is 0 Å². The van der Waals surface area contributed by atoms with Gasteiger partial charge in [0.05, 0.1) is 30.1 Å². The van der Waals surface area contributed by atoms with Crippen molar-refractivity contribution in [2.75, 3.05) is 6.61 Å². The summed E-state index contributed by atoms with van der Waals surface area (Å²) >= 11 is 0. The Balaban J connectivity index is 2.07. The summed E-state index contributed by atoms with van der Waals surface area (Å²) in [6, 6.07) is 0. The Morgan fingerprint density at radius 3 is 2.75 bits per heavy atom. The molecule has 3 heterocycles. The molecule has 0 saturated carbocycles. The van der Waals surface area contributed by atoms with E-state index < -0.39 is 54.2 Å². The minimum atomic E-state index is -1.90. The molecule has 3 aliphatic heterocycles. The first-order valence-electron chi connectivity index (χ1n) is 9.57. The zero-order valence-electron chi connectivity index (χ0n) is 16.4. The van der Waals surface area contributed by atoms with Crippen LogP contribution in [0.15, 0.2) is 23.8 Å². The normalized spacial score (nSPS) is 43.1. The third-order valence-electron chi connectivity index (χ3n) is 6.17. The SMILES string of the molecule is C=C1C(=O)O[C@@H]2/C=C(/CO)[C@@]3(O)C[C@H](O)[C@@](C)(C[C@@H](OC(=O)[C@@H](C)CC)[C@@H]12)O3. The molecule has 7 atom stereocenters. The summed E-state index contributed by atoms with van der Waals surface area (Å²) in [6.07, 6.45) is -0.933. The maximum Gasteiger partial charge on any atom is 0.334 e. The van der Waals surface area contributed by atoms with Gasteiger partial charge in [0.2, 0.25) is 0 Å². The largest absolute Gasteiger partial charge is 0.461 e. The van der Waals surface area contributed by atoms with Crippen molar-refractivity contribution in [1.29, 1.82) is 0 Å². The highest BCUT2D eigenvalue weighted by Crippen LogP contribution is 2.48. The molecule has 0 radical (unpaired) electrons. The lowest BCUT2D eigenvalue weighted by Gasteiger charge is -2.35. The van der Waals surface area contributed by atoms with Crippen molar-refractivity contribution in [3.63, 3.8) is 0 Å². The first-order valence-corrected chi connectivity index (χ1v) is 9.57. The van der Waals surface area contributed by atoms with E-state index in [9.17, 15) is 24.9 Å². The predicted octanol–water partition coefficient (Wildman–Crippen LogP) is 0.593. The van der Waals surface area contributed by atoms with Crippen molar-refractivity contribution in [3.8, 4) is 0 Å². The average Bonchev–Trinajstić information content (AvgIpc) is 3.04. The van der Waals surface area contributed by atoms with Crippen LogP contribution in [0.1, 0.15) is 40.0 Å². The molecular weight excluding hydrogens is 368 g/mol. The van der Waals surface area contributed by atoms with E-state index in [1.165, 1.54) is 6.08 Å². The predicted molar refractivity (Wildman–Crippen MR) is 96.7 cm³/mol. The number of aliphatic hydroxyl groups excluding tert-OH is 2. The number of carbonyl (C=O) groups excluding carboxylic acids is 2. The van der Waals surface area contributed by atoms with Crippen molar-refractivity contribution in [2.45, 2.75) is 69.7 Å². The van der Waals surface area contributed by atoms with Crippen molar-refractivity contribution >= 4 is 11.9 Å². The van der Waals surface area contributed by atoms with Gasteiger partial charge in [0, 0.05) is 24.0 Å². The molecule has 8 nitrogen and oxygen atoms in total. The molecule has 0 aromatic carbocycles. The quantitative estimate of drug-likeness (QED) is 0.359. The van der Waals surface area contributed by atoms with Gasteiger partial charge in [-0.05, 0) is 19.4 Å². The van der Waals surface area contributed by atoms with Crippen LogP contribution in [0.3, 0.4) is 0 Å². The molecule has 2 saturated heterocycles. The van der Waals surface area contributed by atoms with Crippen LogP contribution in [0.25, 0.3) is 0 Å². The molecular formula is C20H28O8. The van der Waals surface area contributed by atoms with Gasteiger partial charge in [0.1, 0.15) is 12.2 Å². The van der Waals surface area contributed by atoms with E-state index in [0.717, 1.165) is 0 Å². The Morgan fingerprint density at radius 2 is 2.14 bits per heavy atom. The zero-order valence-corrected chi connectivity index (χ0v) is 16.4. The lowest BCUT2D eigenvalue weighted by molar-refractivity contribution is -0.211. The van der Waals surface area contributed by atoms with E-state index in [4.69, 9.17) is 14.2 Å². The number of aliphatic hydroxyl groups is 3. The highest BCUT2D eigenvalue weighted by atomic mass is 16.7. The Hall–Kier alpha value is -1.74. The molecule has 0 spiro atoms. The number of hydrogen-bond donors (Lipinski definition) is 3. The number of rotatable bonds is 4. The van der Waals surface area contributed by atoms with Crippen LogP contribution < -0.4 is 0 Å². The monoisotopic (exact) mass is 396 g/mol. The molecule has 0 aliphatic carbocycles. The van der Waals surface area contributed by atoms with Gasteiger partial charge in [-0.3, -0.25) is 4.79 Å². The maximum atomic E-state index is 12.5. The molecule has 0 amide bonds. The van der Waals surface area contributed by atoms with E-state index in [0.29, 0.717) is 6.42 Å². The lowest BCUT2D eigenvalue weighted by Crippen LogP contribution is -2.45. The van der Waals surface area contributed by atoms with Gasteiger partial charge >= 0.3 is 11.9 Å². The molecule has 0 aromatic rings. The van der Waals surface area contributed by atoms with Crippen LogP contribution >= 0.6 is 0 Å². The summed E-state index contributed by atoms with van der Waals surface area (Å²) in [6.45, 7) is 8.45. The zero-order chi connectivity index (χ0) is 20.9. The Bertz CT molecular complexity index is 715. The number of carbonyl (C=O) groups is 2. The minimum absolute atomic E-state index is 0.0298. The summed E-state index contributed by atoms with van der Waals surface area (Å²) in [4.78, 5) is 24.7. The third-order valence-corrected chi connectivity index (χ3v) is 6.17. The lowest BCUT2D eigenvalue weighted by atomic mass is 9.80. The van der Waals surface area contributed by atoms with Crippen molar-refractivity contribution in [1.82, 2.24) is 0 Å². The Morgan fingerprint density at radius 1 is 1.46 bits per heavy atom. The topological polar surface area (TPSA) is 123 Å². The highest BCUT2D eigenvalue weighted by molar-refractivity contribution is 5.91. The minimum Gasteiger partial charge on any atom is -0.461 e. The second kappa shape index (κ2) is 7.26. The maximum absolute atomic E-state index is 12.5. The van der Waals surface area contributed by atoms with Crippen molar-refractivity contribution in [3.05, 3.63) is 23.8 Å². The van der Waals surface area contributed by atoms with Gasteiger partial charge < -0.3 is 29.5 Å². The molecule has 2 fully saturated rings. The summed E-state index contributed by atoms with van der Waals surface area (Å²) in [7, 11) is 0. The molecule has 156 valence electrons. The molecule has 0 aromatic heterocycles. The van der Waals surface area contributed by atoms with Crippen LogP contribution in [-0.2, 0) is 23.8 Å². The fourth-order valence-electron chi connectivity index (χ4n) is 4.11. The van der Waals surface area contributed by atoms with Gasteiger partial charge in [0.15, 0.2) is 5.79 Å². The fourth-order valence-corrected chi connectivity index (χ4v) is 4.11. The first-order chi connectivity index (χ1) is 13.0. The van der Waals surface area contributed by atoms with Crippen LogP contribution in [0.5, 0.6) is 0 Å². The second-order valence-corrected chi connectivity index (χ2v) is 8.18. The average molecular weight is 396 g/mol. The van der Waals surface area contributed by atoms with Gasteiger partial charge in [-0.25, -0.2) is 4.79 Å². The molecule has 3 rings (SSSR count). The molecule has 2 bridgehead atoms. The van der Waals surface area contributed by atoms with E-state index in [2.05, 4.69) is 6.58 Å². The van der Waals surface area contributed by atoms with Crippen molar-refractivity contribution < 1.29 is 39.1 Å². The number of ether oxygens (including phenoxy) is 3. The van der Waals surface area contributed by atoms with Crippen LogP contribution in [0.2, 0.25) is 0 Å². The molecule has 28 heavy (non-hydrogen) atoms. The smallest absolute Gasteiger partial charge is 0.334 e. The summed E-state index contributed by atoms with van der Waals surface area (Å²) in [5.74, 6) is -4.02. The van der Waals surface area contributed by atoms with Crippen LogP contribution in [0, 0.1) is 11.8 Å². The van der Waals surface area contributed by atoms with Gasteiger partial charge in [0.25, 0.3) is 0 Å². The Kier molecular flexibility index (Phi) is 5.44. The first kappa shape index (κ1) is 21.0. The number of fused-ring (bicyclic) bond motifs is 3. The van der Waals surface area contributed by atoms with E-state index in [-0.39, 0.29) is 29.9 Å². The summed E-state index contributed by atoms with van der Waals surface area (Å²) in [5.41, 5.74) is -1.03. The van der Waals surface area contributed by atoms with Crippen LogP contribution in [-0.4, -0.2) is 63.6 Å². The highest BCUT2D eigenvalue weighted by Gasteiger charge is 2.58. The van der Waals surface area contributed by atoms with Crippen LogP contribution in [0.4, 0.5) is 0 Å². The molecule has 3 N–H and O–H groups in total. The second-order valence-electron chi connectivity index (χ2n) is 8.18. The fraction of sp³-hybridized carbons (Fsp3) is 0.700. The molecule has 8 heteroatoms. The van der Waals surface area contributed by atoms with E-state index in [1.54, 1.807) is 13.8 Å². The number of hydrogen-bond acceptors (Lipinski definition) is 8. The third kappa shape index (κ3) is 3.39. The number of esters is 2. The van der Waals surface area contributed by atoms with Gasteiger partial charge in [-0.15, -0.1) is 0 Å².